The molecule has 0 saturated carbocycles. The number of para-hydroxylation sites is 2. The summed E-state index contributed by atoms with van der Waals surface area (Å²) in [5.74, 6) is -0.438. The maximum absolute atomic E-state index is 12.5. The predicted octanol–water partition coefficient (Wildman–Crippen LogP) is 2.30. The van der Waals surface area contributed by atoms with Gasteiger partial charge in [0.05, 0.1) is 27.7 Å². The number of non-ortho nitro benzene ring substituents is 1. The van der Waals surface area contributed by atoms with E-state index < -0.39 is 10.7 Å². The molecule has 0 aliphatic heterocycles. The predicted molar refractivity (Wildman–Crippen MR) is 97.7 cm³/mol. The third-order valence-corrected chi connectivity index (χ3v) is 4.37. The molecule has 4 rings (SSSR count). The standard InChI is InChI=1S/C18H14N4O5/c23-17-13-7-6-12(22(25)26)10-14(13)19-11-20(17)8-3-9-21-15-4-1-2-5-16(15)27-18(21)24/h1-2,4-7,10-11H,3,8-9H2. The second kappa shape index (κ2) is 6.52. The Hall–Kier alpha value is -3.75. The Morgan fingerprint density at radius 1 is 1.11 bits per heavy atom. The molecule has 0 radical (unpaired) electrons. The van der Waals surface area contributed by atoms with E-state index in [0.717, 1.165) is 0 Å². The van der Waals surface area contributed by atoms with Gasteiger partial charge >= 0.3 is 5.76 Å². The molecule has 2 heterocycles. The van der Waals surface area contributed by atoms with Crippen molar-refractivity contribution < 1.29 is 9.34 Å². The normalized spacial score (nSPS) is 11.3. The van der Waals surface area contributed by atoms with Crippen LogP contribution in [0.4, 0.5) is 5.69 Å². The van der Waals surface area contributed by atoms with Crippen LogP contribution in [-0.4, -0.2) is 19.0 Å². The van der Waals surface area contributed by atoms with E-state index in [9.17, 15) is 19.7 Å². The lowest BCUT2D eigenvalue weighted by atomic mass is 10.2. The van der Waals surface area contributed by atoms with Crippen LogP contribution < -0.4 is 11.3 Å². The van der Waals surface area contributed by atoms with Crippen LogP contribution in [0.2, 0.25) is 0 Å². The molecule has 27 heavy (non-hydrogen) atoms. The van der Waals surface area contributed by atoms with Gasteiger partial charge in [-0.15, -0.1) is 0 Å². The molecular formula is C18H14N4O5. The smallest absolute Gasteiger partial charge is 0.408 e. The summed E-state index contributed by atoms with van der Waals surface area (Å²) in [6.07, 6.45) is 1.88. The molecule has 0 spiro atoms. The zero-order valence-corrected chi connectivity index (χ0v) is 14.1. The fourth-order valence-corrected chi connectivity index (χ4v) is 3.04. The van der Waals surface area contributed by atoms with E-state index in [0.29, 0.717) is 36.0 Å². The second-order valence-corrected chi connectivity index (χ2v) is 6.04. The number of hydrogen-bond acceptors (Lipinski definition) is 6. The van der Waals surface area contributed by atoms with Crippen molar-refractivity contribution in [3.8, 4) is 0 Å². The maximum Gasteiger partial charge on any atom is 0.419 e. The van der Waals surface area contributed by atoms with Gasteiger partial charge in [-0.05, 0) is 24.6 Å². The quantitative estimate of drug-likeness (QED) is 0.395. The molecule has 136 valence electrons. The van der Waals surface area contributed by atoms with Crippen LogP contribution in [0, 0.1) is 10.1 Å². The van der Waals surface area contributed by atoms with Crippen molar-refractivity contribution in [2.24, 2.45) is 0 Å². The highest BCUT2D eigenvalue weighted by Gasteiger charge is 2.11. The topological polar surface area (TPSA) is 113 Å². The fourth-order valence-electron chi connectivity index (χ4n) is 3.04. The van der Waals surface area contributed by atoms with Crippen molar-refractivity contribution in [2.75, 3.05) is 0 Å². The molecule has 9 heteroatoms. The lowest BCUT2D eigenvalue weighted by molar-refractivity contribution is -0.384. The highest BCUT2D eigenvalue weighted by atomic mass is 16.6. The first-order valence-electron chi connectivity index (χ1n) is 8.26. The number of fused-ring (bicyclic) bond motifs is 2. The van der Waals surface area contributed by atoms with Gasteiger partial charge < -0.3 is 4.42 Å². The molecule has 0 unspecified atom stereocenters. The summed E-state index contributed by atoms with van der Waals surface area (Å²) in [6.45, 7) is 0.741. The van der Waals surface area contributed by atoms with Gasteiger partial charge in [0.2, 0.25) is 0 Å². The average Bonchev–Trinajstić information content (AvgIpc) is 2.98. The lowest BCUT2D eigenvalue weighted by Crippen LogP contribution is -2.22. The van der Waals surface area contributed by atoms with E-state index >= 15 is 0 Å². The number of aryl methyl sites for hydroxylation is 2. The molecule has 2 aromatic heterocycles. The lowest BCUT2D eigenvalue weighted by Gasteiger charge is -2.07. The van der Waals surface area contributed by atoms with Crippen molar-refractivity contribution in [2.45, 2.75) is 19.5 Å². The Balaban J connectivity index is 1.57. The zero-order chi connectivity index (χ0) is 19.0. The van der Waals surface area contributed by atoms with Crippen molar-refractivity contribution in [1.82, 2.24) is 14.1 Å². The van der Waals surface area contributed by atoms with Crippen LogP contribution in [0.15, 0.2) is 62.8 Å². The summed E-state index contributed by atoms with van der Waals surface area (Å²) in [4.78, 5) is 39.0. The van der Waals surface area contributed by atoms with Crippen LogP contribution >= 0.6 is 0 Å². The molecule has 0 aliphatic rings. The van der Waals surface area contributed by atoms with Crippen LogP contribution in [-0.2, 0) is 13.1 Å². The zero-order valence-electron chi connectivity index (χ0n) is 14.1. The van der Waals surface area contributed by atoms with Gasteiger partial charge in [0.15, 0.2) is 5.58 Å². The second-order valence-electron chi connectivity index (χ2n) is 6.04. The maximum atomic E-state index is 12.5. The Labute approximate surface area is 151 Å². The summed E-state index contributed by atoms with van der Waals surface area (Å²) in [7, 11) is 0. The minimum Gasteiger partial charge on any atom is -0.408 e. The van der Waals surface area contributed by atoms with E-state index in [-0.39, 0.29) is 16.8 Å². The molecule has 9 nitrogen and oxygen atoms in total. The highest BCUT2D eigenvalue weighted by molar-refractivity contribution is 5.79. The number of benzene rings is 2. The highest BCUT2D eigenvalue weighted by Crippen LogP contribution is 2.16. The molecule has 0 N–H and O–H groups in total. The summed E-state index contributed by atoms with van der Waals surface area (Å²) in [5, 5.41) is 11.1. The number of nitro groups is 1. The van der Waals surface area contributed by atoms with E-state index in [4.69, 9.17) is 4.42 Å². The molecule has 0 aliphatic carbocycles. The van der Waals surface area contributed by atoms with Crippen molar-refractivity contribution in [3.63, 3.8) is 0 Å². The largest absolute Gasteiger partial charge is 0.419 e. The first-order valence-corrected chi connectivity index (χ1v) is 8.26. The Bertz CT molecular complexity index is 1280. The third-order valence-electron chi connectivity index (χ3n) is 4.37. The van der Waals surface area contributed by atoms with E-state index in [1.165, 1.54) is 33.7 Å². The van der Waals surface area contributed by atoms with Crippen LogP contribution in [0.1, 0.15) is 6.42 Å². The average molecular weight is 366 g/mol. The number of nitro benzene ring substituents is 1. The van der Waals surface area contributed by atoms with Crippen LogP contribution in [0.25, 0.3) is 22.0 Å². The monoisotopic (exact) mass is 366 g/mol. The molecule has 0 saturated heterocycles. The van der Waals surface area contributed by atoms with Gasteiger partial charge in [0.25, 0.3) is 11.2 Å². The van der Waals surface area contributed by atoms with Gasteiger partial charge in [-0.25, -0.2) is 9.78 Å². The summed E-state index contributed by atoms with van der Waals surface area (Å²) < 4.78 is 8.14. The molecule has 0 fully saturated rings. The Morgan fingerprint density at radius 2 is 1.93 bits per heavy atom. The molecule has 0 atom stereocenters. The third kappa shape index (κ3) is 2.99. The molecule has 4 aromatic rings. The van der Waals surface area contributed by atoms with Gasteiger partial charge in [-0.3, -0.25) is 24.0 Å². The van der Waals surface area contributed by atoms with E-state index in [1.807, 2.05) is 6.07 Å². The van der Waals surface area contributed by atoms with E-state index in [1.54, 1.807) is 18.2 Å². The molecule has 0 amide bonds. The minimum atomic E-state index is -0.528. The van der Waals surface area contributed by atoms with Crippen LogP contribution in [0.3, 0.4) is 0 Å². The van der Waals surface area contributed by atoms with Gasteiger partial charge in [0, 0.05) is 25.2 Å². The Kier molecular flexibility index (Phi) is 4.03. The molecule has 0 bridgehead atoms. The van der Waals surface area contributed by atoms with E-state index in [2.05, 4.69) is 4.98 Å². The van der Waals surface area contributed by atoms with Crippen molar-refractivity contribution in [3.05, 3.63) is 79.8 Å². The number of hydrogen-bond donors (Lipinski definition) is 0. The summed E-state index contributed by atoms with van der Waals surface area (Å²) in [5.41, 5.74) is 1.12. The number of aromatic nitrogens is 3. The van der Waals surface area contributed by atoms with Crippen molar-refractivity contribution >= 4 is 27.7 Å². The van der Waals surface area contributed by atoms with Gasteiger partial charge in [-0.1, -0.05) is 12.1 Å². The SMILES string of the molecule is O=c1c2ccc([N+](=O)[O-])cc2ncn1CCCn1c(=O)oc2ccccc21. The minimum absolute atomic E-state index is 0.113. The molecular weight excluding hydrogens is 352 g/mol. The fraction of sp³-hybridized carbons (Fsp3) is 0.167. The van der Waals surface area contributed by atoms with Crippen molar-refractivity contribution in [1.29, 1.82) is 0 Å². The first kappa shape index (κ1) is 16.7. The summed E-state index contributed by atoms with van der Waals surface area (Å²) >= 11 is 0. The van der Waals surface area contributed by atoms with Crippen LogP contribution in [0.5, 0.6) is 0 Å². The first-order chi connectivity index (χ1) is 13.0. The van der Waals surface area contributed by atoms with Gasteiger partial charge in [-0.2, -0.15) is 0 Å². The number of rotatable bonds is 5. The molecule has 2 aromatic carbocycles. The number of oxazole rings is 1. The summed E-state index contributed by atoms with van der Waals surface area (Å²) in [6, 6.07) is 11.1. The number of nitrogens with zero attached hydrogens (tertiary/aromatic N) is 4. The van der Waals surface area contributed by atoms with Gasteiger partial charge in [0.1, 0.15) is 0 Å². The Morgan fingerprint density at radius 3 is 2.74 bits per heavy atom.